The minimum absolute atomic E-state index is 0.455. The molecule has 2 nitrogen and oxygen atoms in total. The van der Waals surface area contributed by atoms with Crippen molar-refractivity contribution < 1.29 is 9.84 Å². The van der Waals surface area contributed by atoms with Gasteiger partial charge in [0.25, 0.3) is 0 Å². The van der Waals surface area contributed by atoms with Crippen molar-refractivity contribution in [3.05, 3.63) is 27.7 Å². The number of aliphatic hydroxyl groups is 1. The van der Waals surface area contributed by atoms with Gasteiger partial charge in [0.15, 0.2) is 5.75 Å². The number of halogens is 2. The van der Waals surface area contributed by atoms with Crippen LogP contribution in [0.25, 0.3) is 0 Å². The van der Waals surface area contributed by atoms with Gasteiger partial charge in [0, 0.05) is 0 Å². The molecule has 0 fully saturated rings. The van der Waals surface area contributed by atoms with E-state index >= 15 is 0 Å². The molecule has 0 spiro atoms. The standard InChI is InChI=1S/C13H18Cl2O2/c1-3-5-12(16)9-7-10(14)13(11(15)8-9)17-6-4-2/h7-8,12,16H,3-6H2,1-2H3. The van der Waals surface area contributed by atoms with Crippen molar-refractivity contribution in [3.8, 4) is 5.75 Å². The second-order valence-electron chi connectivity index (χ2n) is 3.97. The molecule has 0 heterocycles. The fraction of sp³-hybridized carbons (Fsp3) is 0.538. The number of hydrogen-bond acceptors (Lipinski definition) is 2. The molecule has 1 atom stereocenters. The van der Waals surface area contributed by atoms with Gasteiger partial charge in [-0.2, -0.15) is 0 Å². The van der Waals surface area contributed by atoms with Crippen molar-refractivity contribution in [1.82, 2.24) is 0 Å². The number of rotatable bonds is 6. The van der Waals surface area contributed by atoms with Crippen LogP contribution in [-0.2, 0) is 0 Å². The Morgan fingerprint density at radius 2 is 1.76 bits per heavy atom. The van der Waals surface area contributed by atoms with Gasteiger partial charge in [-0.1, -0.05) is 43.5 Å². The number of aliphatic hydroxyl groups excluding tert-OH is 1. The Bertz CT molecular complexity index is 343. The van der Waals surface area contributed by atoms with Gasteiger partial charge in [0.2, 0.25) is 0 Å². The van der Waals surface area contributed by atoms with Crippen LogP contribution < -0.4 is 4.74 Å². The van der Waals surface area contributed by atoms with Crippen LogP contribution in [0.1, 0.15) is 44.8 Å². The zero-order chi connectivity index (χ0) is 12.8. The number of benzene rings is 1. The molecule has 1 rings (SSSR count). The van der Waals surface area contributed by atoms with Crippen molar-refractivity contribution in [2.45, 2.75) is 39.2 Å². The minimum atomic E-state index is -0.518. The lowest BCUT2D eigenvalue weighted by Crippen LogP contribution is -2.00. The molecular weight excluding hydrogens is 259 g/mol. The molecule has 1 aromatic carbocycles. The summed E-state index contributed by atoms with van der Waals surface area (Å²) in [4.78, 5) is 0. The second kappa shape index (κ2) is 7.10. The Labute approximate surface area is 113 Å². The van der Waals surface area contributed by atoms with Crippen molar-refractivity contribution in [2.75, 3.05) is 6.61 Å². The Morgan fingerprint density at radius 3 is 2.24 bits per heavy atom. The van der Waals surface area contributed by atoms with Gasteiger partial charge in [0.1, 0.15) is 0 Å². The van der Waals surface area contributed by atoms with Gasteiger partial charge in [-0.3, -0.25) is 0 Å². The van der Waals surface area contributed by atoms with Crippen molar-refractivity contribution in [2.24, 2.45) is 0 Å². The average Bonchev–Trinajstić information content (AvgIpc) is 2.28. The van der Waals surface area contributed by atoms with Gasteiger partial charge in [-0.15, -0.1) is 0 Å². The van der Waals surface area contributed by atoms with E-state index in [-0.39, 0.29) is 0 Å². The summed E-state index contributed by atoms with van der Waals surface area (Å²) >= 11 is 12.2. The highest BCUT2D eigenvalue weighted by Crippen LogP contribution is 2.36. The second-order valence-corrected chi connectivity index (χ2v) is 4.78. The van der Waals surface area contributed by atoms with Gasteiger partial charge in [-0.25, -0.2) is 0 Å². The Kier molecular flexibility index (Phi) is 6.10. The predicted molar refractivity (Wildman–Crippen MR) is 72.1 cm³/mol. The predicted octanol–water partition coefficient (Wildman–Crippen LogP) is 4.62. The van der Waals surface area contributed by atoms with Crippen LogP contribution in [0.15, 0.2) is 12.1 Å². The summed E-state index contributed by atoms with van der Waals surface area (Å²) in [6.07, 6.45) is 1.98. The lowest BCUT2D eigenvalue weighted by atomic mass is 10.1. The minimum Gasteiger partial charge on any atom is -0.490 e. The van der Waals surface area contributed by atoms with Crippen LogP contribution in [0.4, 0.5) is 0 Å². The maximum absolute atomic E-state index is 9.88. The van der Waals surface area contributed by atoms with Gasteiger partial charge in [-0.05, 0) is 30.5 Å². The van der Waals surface area contributed by atoms with E-state index in [9.17, 15) is 5.11 Å². The zero-order valence-corrected chi connectivity index (χ0v) is 11.7. The topological polar surface area (TPSA) is 29.5 Å². The zero-order valence-electron chi connectivity index (χ0n) is 10.2. The van der Waals surface area contributed by atoms with E-state index in [2.05, 4.69) is 0 Å². The molecule has 1 aromatic rings. The van der Waals surface area contributed by atoms with E-state index < -0.39 is 6.10 Å². The summed E-state index contributed by atoms with van der Waals surface area (Å²) < 4.78 is 5.47. The lowest BCUT2D eigenvalue weighted by Gasteiger charge is -2.14. The Morgan fingerprint density at radius 1 is 1.18 bits per heavy atom. The molecule has 0 aliphatic rings. The lowest BCUT2D eigenvalue weighted by molar-refractivity contribution is 0.166. The molecular formula is C13H18Cl2O2. The van der Waals surface area contributed by atoms with E-state index in [4.69, 9.17) is 27.9 Å². The van der Waals surface area contributed by atoms with Crippen LogP contribution >= 0.6 is 23.2 Å². The van der Waals surface area contributed by atoms with E-state index in [1.165, 1.54) is 0 Å². The summed E-state index contributed by atoms with van der Waals surface area (Å²) in [6, 6.07) is 3.44. The van der Waals surface area contributed by atoms with E-state index in [0.717, 1.165) is 18.4 Å². The molecule has 1 unspecified atom stereocenters. The third-order valence-corrected chi connectivity index (χ3v) is 2.98. The average molecular weight is 277 g/mol. The third kappa shape index (κ3) is 4.06. The molecule has 4 heteroatoms. The molecule has 96 valence electrons. The molecule has 0 bridgehead atoms. The molecule has 0 aliphatic heterocycles. The van der Waals surface area contributed by atoms with E-state index in [1.807, 2.05) is 13.8 Å². The van der Waals surface area contributed by atoms with E-state index in [1.54, 1.807) is 12.1 Å². The first-order chi connectivity index (χ1) is 8.10. The first-order valence-corrected chi connectivity index (χ1v) is 6.65. The highest BCUT2D eigenvalue weighted by Gasteiger charge is 2.13. The Balaban J connectivity index is 2.92. The Hall–Kier alpha value is -0.440. The largest absolute Gasteiger partial charge is 0.490 e. The molecule has 0 saturated carbocycles. The summed E-state index contributed by atoms with van der Waals surface area (Å²) in [6.45, 7) is 4.61. The van der Waals surface area contributed by atoms with Crippen LogP contribution in [0.3, 0.4) is 0 Å². The van der Waals surface area contributed by atoms with Crippen LogP contribution in [0, 0.1) is 0 Å². The van der Waals surface area contributed by atoms with Crippen molar-refractivity contribution in [3.63, 3.8) is 0 Å². The first-order valence-electron chi connectivity index (χ1n) is 5.89. The maximum Gasteiger partial charge on any atom is 0.156 e. The smallest absolute Gasteiger partial charge is 0.156 e. The molecule has 0 aliphatic carbocycles. The SMILES string of the molecule is CCCOc1c(Cl)cc(C(O)CCC)cc1Cl. The normalized spacial score (nSPS) is 12.5. The summed E-state index contributed by atoms with van der Waals surface area (Å²) in [5.74, 6) is 0.502. The number of ether oxygens (including phenoxy) is 1. The molecule has 1 N–H and O–H groups in total. The first kappa shape index (κ1) is 14.6. The van der Waals surface area contributed by atoms with Gasteiger partial charge >= 0.3 is 0 Å². The monoisotopic (exact) mass is 276 g/mol. The van der Waals surface area contributed by atoms with Crippen LogP contribution in [0.2, 0.25) is 10.0 Å². The fourth-order valence-corrected chi connectivity index (χ4v) is 2.17. The van der Waals surface area contributed by atoms with Crippen LogP contribution in [0.5, 0.6) is 5.75 Å². The number of hydrogen-bond donors (Lipinski definition) is 1. The quantitative estimate of drug-likeness (QED) is 0.822. The van der Waals surface area contributed by atoms with E-state index in [0.29, 0.717) is 28.8 Å². The van der Waals surface area contributed by atoms with Crippen molar-refractivity contribution >= 4 is 23.2 Å². The highest BCUT2D eigenvalue weighted by molar-refractivity contribution is 6.37. The van der Waals surface area contributed by atoms with Gasteiger partial charge < -0.3 is 9.84 Å². The molecule has 0 aromatic heterocycles. The summed E-state index contributed by atoms with van der Waals surface area (Å²) in [5.41, 5.74) is 0.741. The highest BCUT2D eigenvalue weighted by atomic mass is 35.5. The van der Waals surface area contributed by atoms with Gasteiger partial charge in [0.05, 0.1) is 22.8 Å². The molecule has 0 radical (unpaired) electrons. The summed E-state index contributed by atoms with van der Waals surface area (Å²) in [7, 11) is 0. The summed E-state index contributed by atoms with van der Waals surface area (Å²) in [5, 5.41) is 10.8. The molecule has 0 saturated heterocycles. The fourth-order valence-electron chi connectivity index (χ4n) is 1.55. The van der Waals surface area contributed by atoms with Crippen LogP contribution in [-0.4, -0.2) is 11.7 Å². The molecule has 0 amide bonds. The maximum atomic E-state index is 9.88. The molecule has 17 heavy (non-hydrogen) atoms. The van der Waals surface area contributed by atoms with Crippen molar-refractivity contribution in [1.29, 1.82) is 0 Å². The third-order valence-electron chi connectivity index (χ3n) is 2.42.